The van der Waals surface area contributed by atoms with E-state index in [1.807, 2.05) is 36.4 Å². The highest BCUT2D eigenvalue weighted by molar-refractivity contribution is 5.62. The lowest BCUT2D eigenvalue weighted by molar-refractivity contribution is 0.648. The molecule has 2 aromatic rings. The Hall–Kier alpha value is -2.03. The van der Waals surface area contributed by atoms with Crippen molar-refractivity contribution in [3.8, 4) is 11.3 Å². The Labute approximate surface area is 93.5 Å². The van der Waals surface area contributed by atoms with Crippen molar-refractivity contribution in [1.82, 2.24) is 10.2 Å². The van der Waals surface area contributed by atoms with Gasteiger partial charge >= 0.3 is 0 Å². The zero-order valence-electron chi connectivity index (χ0n) is 8.89. The maximum Gasteiger partial charge on any atom is 0.0974 e. The van der Waals surface area contributed by atoms with E-state index in [2.05, 4.69) is 10.2 Å². The van der Waals surface area contributed by atoms with Gasteiger partial charge in [-0.25, -0.2) is 4.39 Å². The molecule has 80 valence electrons. The zero-order valence-corrected chi connectivity index (χ0v) is 8.89. The van der Waals surface area contributed by atoms with Crippen LogP contribution in [0, 0.1) is 0 Å². The fourth-order valence-corrected chi connectivity index (χ4v) is 1.44. The first-order valence-corrected chi connectivity index (χ1v) is 4.97. The van der Waals surface area contributed by atoms with Gasteiger partial charge in [-0.2, -0.15) is 10.2 Å². The predicted octanol–water partition coefficient (Wildman–Crippen LogP) is 3.47. The van der Waals surface area contributed by atoms with Gasteiger partial charge in [0.25, 0.3) is 0 Å². The average molecular weight is 214 g/mol. The predicted molar refractivity (Wildman–Crippen MR) is 62.2 cm³/mol. The molecule has 0 spiro atoms. The van der Waals surface area contributed by atoms with Crippen molar-refractivity contribution in [2.24, 2.45) is 0 Å². The third-order valence-electron chi connectivity index (χ3n) is 2.14. The molecule has 2 rings (SSSR count). The molecule has 0 aliphatic rings. The molecule has 0 amide bonds. The minimum absolute atomic E-state index is 0.202. The molecule has 0 atom stereocenters. The second-order valence-corrected chi connectivity index (χ2v) is 3.46. The number of hydrogen-bond donors (Lipinski definition) is 0. The number of aromatic nitrogens is 2. The van der Waals surface area contributed by atoms with Crippen LogP contribution in [0.1, 0.15) is 12.5 Å². The molecule has 0 saturated carbocycles. The Kier molecular flexibility index (Phi) is 3.05. The highest BCUT2D eigenvalue weighted by Gasteiger charge is 1.98. The zero-order chi connectivity index (χ0) is 11.4. The third kappa shape index (κ3) is 2.51. The molecule has 0 bridgehead atoms. The Morgan fingerprint density at radius 3 is 2.50 bits per heavy atom. The van der Waals surface area contributed by atoms with E-state index in [1.165, 1.54) is 13.0 Å². The molecule has 0 N–H and O–H groups in total. The maximum atomic E-state index is 12.6. The normalized spacial score (nSPS) is 11.5. The second-order valence-electron chi connectivity index (χ2n) is 3.46. The molecular weight excluding hydrogens is 203 g/mol. The fraction of sp³-hybridized carbons (Fsp3) is 0.0769. The molecule has 0 aliphatic carbocycles. The van der Waals surface area contributed by atoms with E-state index >= 15 is 0 Å². The molecule has 1 heterocycles. The summed E-state index contributed by atoms with van der Waals surface area (Å²) in [6.45, 7) is 1.43. The van der Waals surface area contributed by atoms with Gasteiger partial charge in [-0.1, -0.05) is 24.3 Å². The van der Waals surface area contributed by atoms with E-state index in [4.69, 9.17) is 0 Å². The highest BCUT2D eigenvalue weighted by atomic mass is 19.1. The van der Waals surface area contributed by atoms with Crippen molar-refractivity contribution in [3.63, 3.8) is 0 Å². The molecule has 3 heteroatoms. The number of halogens is 1. The van der Waals surface area contributed by atoms with E-state index in [1.54, 1.807) is 6.20 Å². The molecule has 1 aromatic carbocycles. The summed E-state index contributed by atoms with van der Waals surface area (Å²) in [6, 6.07) is 11.2. The lowest BCUT2D eigenvalue weighted by Gasteiger charge is -1.99. The van der Waals surface area contributed by atoms with Crippen molar-refractivity contribution in [2.45, 2.75) is 6.92 Å². The molecule has 0 saturated heterocycles. The van der Waals surface area contributed by atoms with E-state index in [0.717, 1.165) is 16.8 Å². The largest absolute Gasteiger partial charge is 0.212 e. The molecule has 1 aromatic heterocycles. The minimum Gasteiger partial charge on any atom is -0.212 e. The lowest BCUT2D eigenvalue weighted by Crippen LogP contribution is -1.85. The number of rotatable bonds is 2. The topological polar surface area (TPSA) is 25.8 Å². The molecule has 2 nitrogen and oxygen atoms in total. The quantitative estimate of drug-likeness (QED) is 0.764. The Bertz CT molecular complexity index is 485. The van der Waals surface area contributed by atoms with Crippen molar-refractivity contribution in [1.29, 1.82) is 0 Å². The fourth-order valence-electron chi connectivity index (χ4n) is 1.44. The van der Waals surface area contributed by atoms with Gasteiger partial charge in [0.05, 0.1) is 11.5 Å². The second kappa shape index (κ2) is 4.66. The molecule has 0 aliphatic heterocycles. The van der Waals surface area contributed by atoms with Gasteiger partial charge in [0.1, 0.15) is 0 Å². The van der Waals surface area contributed by atoms with Crippen LogP contribution < -0.4 is 0 Å². The van der Waals surface area contributed by atoms with Crippen LogP contribution in [-0.2, 0) is 0 Å². The summed E-state index contributed by atoms with van der Waals surface area (Å²) in [5.41, 5.74) is 2.63. The number of allylic oxidation sites excluding steroid dienone is 1. The van der Waals surface area contributed by atoms with Crippen molar-refractivity contribution in [3.05, 3.63) is 54.0 Å². The third-order valence-corrected chi connectivity index (χ3v) is 2.14. The van der Waals surface area contributed by atoms with Crippen LogP contribution in [0.5, 0.6) is 0 Å². The van der Waals surface area contributed by atoms with Crippen molar-refractivity contribution >= 4 is 6.08 Å². The van der Waals surface area contributed by atoms with Crippen LogP contribution >= 0.6 is 0 Å². The van der Waals surface area contributed by atoms with Gasteiger partial charge in [0.15, 0.2) is 0 Å². The summed E-state index contributed by atoms with van der Waals surface area (Å²) in [5, 5.41) is 7.81. The van der Waals surface area contributed by atoms with Crippen LogP contribution in [0.25, 0.3) is 17.3 Å². The number of hydrogen-bond acceptors (Lipinski definition) is 2. The summed E-state index contributed by atoms with van der Waals surface area (Å²) < 4.78 is 12.6. The summed E-state index contributed by atoms with van der Waals surface area (Å²) in [6.07, 6.45) is 3.12. The Morgan fingerprint density at radius 2 is 1.94 bits per heavy atom. The van der Waals surface area contributed by atoms with Gasteiger partial charge in [0, 0.05) is 11.8 Å². The van der Waals surface area contributed by atoms with Crippen LogP contribution in [0.3, 0.4) is 0 Å². The first kappa shape index (κ1) is 10.5. The maximum absolute atomic E-state index is 12.6. The molecule has 0 radical (unpaired) electrons. The summed E-state index contributed by atoms with van der Waals surface area (Å²) in [5.74, 6) is -0.202. The van der Waals surface area contributed by atoms with Crippen molar-refractivity contribution < 1.29 is 4.39 Å². The standard InChI is InChI=1S/C13H11FN2/c1-10(14)9-11-4-6-12(7-5-11)13-3-2-8-15-16-13/h2-9H,1H3/b10-9-. The van der Waals surface area contributed by atoms with E-state index < -0.39 is 0 Å². The molecule has 0 fully saturated rings. The Balaban J connectivity index is 2.30. The first-order chi connectivity index (χ1) is 7.75. The summed E-state index contributed by atoms with van der Waals surface area (Å²) >= 11 is 0. The molecule has 0 unspecified atom stereocenters. The van der Waals surface area contributed by atoms with Gasteiger partial charge in [-0.3, -0.25) is 0 Å². The lowest BCUT2D eigenvalue weighted by atomic mass is 10.1. The van der Waals surface area contributed by atoms with Crippen molar-refractivity contribution in [2.75, 3.05) is 0 Å². The minimum atomic E-state index is -0.202. The van der Waals surface area contributed by atoms with Crippen LogP contribution in [0.15, 0.2) is 48.4 Å². The van der Waals surface area contributed by atoms with Gasteiger partial charge < -0.3 is 0 Å². The van der Waals surface area contributed by atoms with E-state index in [-0.39, 0.29) is 5.83 Å². The van der Waals surface area contributed by atoms with E-state index in [0.29, 0.717) is 0 Å². The summed E-state index contributed by atoms with van der Waals surface area (Å²) in [7, 11) is 0. The van der Waals surface area contributed by atoms with Gasteiger partial charge in [-0.15, -0.1) is 0 Å². The van der Waals surface area contributed by atoms with Crippen LogP contribution in [0.2, 0.25) is 0 Å². The highest BCUT2D eigenvalue weighted by Crippen LogP contribution is 2.17. The van der Waals surface area contributed by atoms with Gasteiger partial charge in [0.2, 0.25) is 0 Å². The summed E-state index contributed by atoms with van der Waals surface area (Å²) in [4.78, 5) is 0. The van der Waals surface area contributed by atoms with Gasteiger partial charge in [-0.05, 0) is 30.7 Å². The molecular formula is C13H11FN2. The Morgan fingerprint density at radius 1 is 1.19 bits per heavy atom. The SMILES string of the molecule is C/C(F)=C/c1ccc(-c2cccnn2)cc1. The number of nitrogens with zero attached hydrogens (tertiary/aromatic N) is 2. The smallest absolute Gasteiger partial charge is 0.0974 e. The van der Waals surface area contributed by atoms with E-state index in [9.17, 15) is 4.39 Å². The van der Waals surface area contributed by atoms with Crippen LogP contribution in [-0.4, -0.2) is 10.2 Å². The van der Waals surface area contributed by atoms with Crippen LogP contribution in [0.4, 0.5) is 4.39 Å². The monoisotopic (exact) mass is 214 g/mol. The average Bonchev–Trinajstić information content (AvgIpc) is 2.30. The molecule has 16 heavy (non-hydrogen) atoms. The first-order valence-electron chi connectivity index (χ1n) is 4.97. The number of benzene rings is 1.